The van der Waals surface area contributed by atoms with Crippen molar-refractivity contribution in [3.05, 3.63) is 27.7 Å². The van der Waals surface area contributed by atoms with Gasteiger partial charge in [0.2, 0.25) is 0 Å². The van der Waals surface area contributed by atoms with Crippen molar-refractivity contribution in [1.82, 2.24) is 5.32 Å². The Balaban J connectivity index is 2.68. The fourth-order valence-corrected chi connectivity index (χ4v) is 2.56. The van der Waals surface area contributed by atoms with Gasteiger partial charge in [0.05, 0.1) is 13.7 Å². The molecule has 0 fully saturated rings. The largest absolute Gasteiger partial charge is 0.493 e. The number of rotatable bonds is 8. The van der Waals surface area contributed by atoms with E-state index in [0.29, 0.717) is 25.5 Å². The van der Waals surface area contributed by atoms with Crippen LogP contribution in [-0.4, -0.2) is 25.7 Å². The van der Waals surface area contributed by atoms with E-state index in [4.69, 9.17) is 4.74 Å². The lowest BCUT2D eigenvalue weighted by Gasteiger charge is -2.16. The summed E-state index contributed by atoms with van der Waals surface area (Å²) < 4.78 is 11.5. The van der Waals surface area contributed by atoms with Crippen molar-refractivity contribution in [2.75, 3.05) is 13.7 Å². The Morgan fingerprint density at radius 3 is 2.71 bits per heavy atom. The van der Waals surface area contributed by atoms with Gasteiger partial charge in [-0.1, -0.05) is 29.8 Å². The molecule has 0 aliphatic rings. The number of nitrogens with one attached hydrogen (secondary N) is 1. The van der Waals surface area contributed by atoms with Gasteiger partial charge < -0.3 is 14.8 Å². The summed E-state index contributed by atoms with van der Waals surface area (Å²) in [7, 11) is 1.40. The van der Waals surface area contributed by atoms with Crippen molar-refractivity contribution < 1.29 is 14.3 Å². The number of methoxy groups -OCH3 is 1. The third-order valence-corrected chi connectivity index (χ3v) is 3.47. The predicted molar refractivity (Wildman–Crippen MR) is 87.6 cm³/mol. The van der Waals surface area contributed by atoms with Crippen LogP contribution in [0.15, 0.2) is 16.6 Å². The summed E-state index contributed by atoms with van der Waals surface area (Å²) in [6.07, 6.45) is 1.03. The molecule has 4 nitrogen and oxygen atoms in total. The van der Waals surface area contributed by atoms with Crippen LogP contribution in [0, 0.1) is 6.92 Å². The summed E-state index contributed by atoms with van der Waals surface area (Å²) in [6.45, 7) is 7.51. The second-order valence-electron chi connectivity index (χ2n) is 5.27. The van der Waals surface area contributed by atoms with Gasteiger partial charge in [-0.05, 0) is 31.0 Å². The monoisotopic (exact) mass is 357 g/mol. The minimum Gasteiger partial charge on any atom is -0.493 e. The van der Waals surface area contributed by atoms with Gasteiger partial charge >= 0.3 is 5.97 Å². The SMILES string of the molecule is COC(=O)CCCOc1c(C)cc(Br)cc1CNC(C)C. The highest BCUT2D eigenvalue weighted by Gasteiger charge is 2.10. The first kappa shape index (κ1) is 18.0. The minimum atomic E-state index is -0.201. The third-order valence-electron chi connectivity index (χ3n) is 3.02. The van der Waals surface area contributed by atoms with Crippen molar-refractivity contribution >= 4 is 21.9 Å². The van der Waals surface area contributed by atoms with Crippen molar-refractivity contribution in [1.29, 1.82) is 0 Å². The first-order valence-electron chi connectivity index (χ1n) is 7.16. The van der Waals surface area contributed by atoms with Crippen LogP contribution in [0.4, 0.5) is 0 Å². The molecule has 0 aliphatic heterocycles. The van der Waals surface area contributed by atoms with Crippen LogP contribution >= 0.6 is 15.9 Å². The molecule has 21 heavy (non-hydrogen) atoms. The highest BCUT2D eigenvalue weighted by atomic mass is 79.9. The van der Waals surface area contributed by atoms with Crippen LogP contribution in [0.25, 0.3) is 0 Å². The molecule has 0 atom stereocenters. The standard InChI is InChI=1S/C16H24BrNO3/c1-11(2)18-10-13-9-14(17)8-12(3)16(13)21-7-5-6-15(19)20-4/h8-9,11,18H,5-7,10H2,1-4H3. The molecule has 0 heterocycles. The zero-order valence-corrected chi connectivity index (χ0v) is 14.7. The van der Waals surface area contributed by atoms with Gasteiger partial charge in [0, 0.05) is 29.0 Å². The second kappa shape index (κ2) is 9.05. The quantitative estimate of drug-likeness (QED) is 0.570. The molecule has 1 aromatic carbocycles. The van der Waals surface area contributed by atoms with Crippen molar-refractivity contribution in [3.8, 4) is 5.75 Å². The Kier molecular flexibility index (Phi) is 7.75. The molecule has 1 aromatic rings. The van der Waals surface area contributed by atoms with Crippen LogP contribution in [0.5, 0.6) is 5.75 Å². The number of aryl methyl sites for hydroxylation is 1. The second-order valence-corrected chi connectivity index (χ2v) is 6.19. The first-order valence-corrected chi connectivity index (χ1v) is 7.95. The lowest BCUT2D eigenvalue weighted by molar-refractivity contribution is -0.140. The number of esters is 1. The predicted octanol–water partition coefficient (Wildman–Crippen LogP) is 3.59. The molecule has 0 saturated carbocycles. The Morgan fingerprint density at radius 1 is 1.38 bits per heavy atom. The van der Waals surface area contributed by atoms with E-state index in [1.807, 2.05) is 13.0 Å². The Hall–Kier alpha value is -1.07. The molecule has 0 saturated heterocycles. The number of halogens is 1. The summed E-state index contributed by atoms with van der Waals surface area (Å²) >= 11 is 3.52. The van der Waals surface area contributed by atoms with E-state index in [-0.39, 0.29) is 5.97 Å². The number of carbonyl (C=O) groups excluding carboxylic acids is 1. The summed E-state index contributed by atoms with van der Waals surface area (Å²) in [6, 6.07) is 4.52. The number of carbonyl (C=O) groups is 1. The zero-order chi connectivity index (χ0) is 15.8. The summed E-state index contributed by atoms with van der Waals surface area (Å²) in [5.41, 5.74) is 2.21. The topological polar surface area (TPSA) is 47.6 Å². The van der Waals surface area contributed by atoms with Gasteiger partial charge in [-0.25, -0.2) is 0 Å². The molecule has 0 spiro atoms. The average Bonchev–Trinajstić information content (AvgIpc) is 2.42. The molecular weight excluding hydrogens is 334 g/mol. The molecule has 1 N–H and O–H groups in total. The van der Waals surface area contributed by atoms with E-state index in [0.717, 1.165) is 27.9 Å². The fraction of sp³-hybridized carbons (Fsp3) is 0.562. The number of ether oxygens (including phenoxy) is 2. The summed E-state index contributed by atoms with van der Waals surface area (Å²) in [4.78, 5) is 11.1. The first-order chi connectivity index (χ1) is 9.93. The normalized spacial score (nSPS) is 10.8. The number of hydrogen-bond acceptors (Lipinski definition) is 4. The van der Waals surface area contributed by atoms with E-state index in [2.05, 4.69) is 45.9 Å². The molecule has 5 heteroatoms. The zero-order valence-electron chi connectivity index (χ0n) is 13.2. The Labute approximate surface area is 135 Å². The third kappa shape index (κ3) is 6.48. The van der Waals surface area contributed by atoms with Gasteiger partial charge in [-0.15, -0.1) is 0 Å². The molecule has 1 rings (SSSR count). The van der Waals surface area contributed by atoms with Crippen LogP contribution in [-0.2, 0) is 16.1 Å². The molecule has 0 bridgehead atoms. The van der Waals surface area contributed by atoms with Gasteiger partial charge in [-0.2, -0.15) is 0 Å². The minimum absolute atomic E-state index is 0.201. The smallest absolute Gasteiger partial charge is 0.305 e. The van der Waals surface area contributed by atoms with E-state index >= 15 is 0 Å². The molecule has 0 amide bonds. The highest BCUT2D eigenvalue weighted by Crippen LogP contribution is 2.28. The Morgan fingerprint density at radius 2 is 2.10 bits per heavy atom. The maximum absolute atomic E-state index is 11.1. The molecule has 0 unspecified atom stereocenters. The Bertz CT molecular complexity index is 475. The summed E-state index contributed by atoms with van der Waals surface area (Å²) in [5.74, 6) is 0.698. The molecule has 0 aliphatic carbocycles. The van der Waals surface area contributed by atoms with E-state index < -0.39 is 0 Å². The lowest BCUT2D eigenvalue weighted by atomic mass is 10.1. The fourth-order valence-electron chi connectivity index (χ4n) is 1.94. The van der Waals surface area contributed by atoms with Crippen LogP contribution in [0.3, 0.4) is 0 Å². The molecule has 118 valence electrons. The average molecular weight is 358 g/mol. The van der Waals surface area contributed by atoms with Crippen molar-refractivity contribution in [2.45, 2.75) is 46.2 Å². The van der Waals surface area contributed by atoms with Crippen molar-refractivity contribution in [2.24, 2.45) is 0 Å². The van der Waals surface area contributed by atoms with E-state index in [1.54, 1.807) is 0 Å². The van der Waals surface area contributed by atoms with Gasteiger partial charge in [0.1, 0.15) is 5.75 Å². The van der Waals surface area contributed by atoms with Gasteiger partial charge in [0.25, 0.3) is 0 Å². The van der Waals surface area contributed by atoms with Crippen molar-refractivity contribution in [3.63, 3.8) is 0 Å². The molecule has 0 aromatic heterocycles. The van der Waals surface area contributed by atoms with Gasteiger partial charge in [0.15, 0.2) is 0 Å². The van der Waals surface area contributed by atoms with Crippen LogP contribution in [0.2, 0.25) is 0 Å². The van der Waals surface area contributed by atoms with Gasteiger partial charge in [-0.3, -0.25) is 4.79 Å². The van der Waals surface area contributed by atoms with E-state index in [1.165, 1.54) is 7.11 Å². The maximum Gasteiger partial charge on any atom is 0.305 e. The number of benzene rings is 1. The summed E-state index contributed by atoms with van der Waals surface area (Å²) in [5, 5.41) is 3.40. The number of hydrogen-bond donors (Lipinski definition) is 1. The molecule has 0 radical (unpaired) electrons. The molecular formula is C16H24BrNO3. The highest BCUT2D eigenvalue weighted by molar-refractivity contribution is 9.10. The lowest BCUT2D eigenvalue weighted by Crippen LogP contribution is -2.22. The maximum atomic E-state index is 11.1. The van der Waals surface area contributed by atoms with Crippen LogP contribution in [0.1, 0.15) is 37.8 Å². The van der Waals surface area contributed by atoms with Crippen LogP contribution < -0.4 is 10.1 Å². The van der Waals surface area contributed by atoms with E-state index in [9.17, 15) is 4.79 Å².